The summed E-state index contributed by atoms with van der Waals surface area (Å²) in [4.78, 5) is 29.2. The molecule has 0 fully saturated rings. The highest BCUT2D eigenvalue weighted by molar-refractivity contribution is 5.95. The van der Waals surface area contributed by atoms with E-state index in [2.05, 4.69) is 9.97 Å². The third-order valence-electron chi connectivity index (χ3n) is 2.49. The Morgan fingerprint density at radius 2 is 2.20 bits per heavy atom. The number of furan rings is 1. The zero-order valence-electron chi connectivity index (χ0n) is 10.8. The van der Waals surface area contributed by atoms with Crippen molar-refractivity contribution in [1.82, 2.24) is 9.97 Å². The van der Waals surface area contributed by atoms with Gasteiger partial charge in [0.25, 0.3) is 5.91 Å². The molecular weight excluding hydrogens is 264 g/mol. The maximum atomic E-state index is 11.4. The summed E-state index contributed by atoms with van der Waals surface area (Å²) in [5.41, 5.74) is 10.7. The number of esters is 1. The average Bonchev–Trinajstić information content (AvgIpc) is 2.97. The summed E-state index contributed by atoms with van der Waals surface area (Å²) >= 11 is 0. The number of aromatic nitrogens is 2. The number of carbonyl (C=O) groups is 2. The lowest BCUT2D eigenvalue weighted by Gasteiger charge is -1.97. The fraction of sp³-hybridized carbons (Fsp3) is 0.250. The van der Waals surface area contributed by atoms with Gasteiger partial charge in [-0.3, -0.25) is 4.79 Å². The number of rotatable bonds is 5. The van der Waals surface area contributed by atoms with Crippen LogP contribution in [0.15, 0.2) is 16.5 Å². The number of ether oxygens (including phenoxy) is 1. The van der Waals surface area contributed by atoms with Gasteiger partial charge in [-0.1, -0.05) is 0 Å². The van der Waals surface area contributed by atoms with E-state index >= 15 is 0 Å². The van der Waals surface area contributed by atoms with Crippen LogP contribution in [0, 0.1) is 0 Å². The Morgan fingerprint density at radius 1 is 1.45 bits per heavy atom. The average molecular weight is 278 g/mol. The van der Waals surface area contributed by atoms with Gasteiger partial charge < -0.3 is 25.6 Å². The summed E-state index contributed by atoms with van der Waals surface area (Å²) < 4.78 is 10.1. The minimum Gasteiger partial charge on any atom is -0.460 e. The Kier molecular flexibility index (Phi) is 3.74. The van der Waals surface area contributed by atoms with Crippen molar-refractivity contribution in [3.8, 4) is 0 Å². The molecule has 0 aliphatic carbocycles. The predicted molar refractivity (Wildman–Crippen MR) is 69.0 cm³/mol. The Morgan fingerprint density at radius 3 is 2.80 bits per heavy atom. The quantitative estimate of drug-likeness (QED) is 0.679. The van der Waals surface area contributed by atoms with Gasteiger partial charge in [0, 0.05) is 0 Å². The highest BCUT2D eigenvalue weighted by Crippen LogP contribution is 2.15. The molecule has 0 aromatic carbocycles. The summed E-state index contributed by atoms with van der Waals surface area (Å²) in [6.07, 6.45) is 0.247. The number of hydrogen-bond donors (Lipinski definition) is 3. The molecule has 2 rings (SSSR count). The molecule has 2 aromatic heterocycles. The fourth-order valence-electron chi connectivity index (χ4n) is 1.66. The number of nitrogen functional groups attached to an aromatic ring is 1. The number of primary amides is 1. The first-order chi connectivity index (χ1) is 9.51. The molecule has 0 atom stereocenters. The van der Waals surface area contributed by atoms with Gasteiger partial charge in [0.05, 0.1) is 13.0 Å². The van der Waals surface area contributed by atoms with Crippen LogP contribution in [0.3, 0.4) is 0 Å². The summed E-state index contributed by atoms with van der Waals surface area (Å²) in [6, 6.07) is 3.13. The summed E-state index contributed by atoms with van der Waals surface area (Å²) in [5, 5.41) is 0. The first kappa shape index (κ1) is 13.7. The third kappa shape index (κ3) is 2.79. The van der Waals surface area contributed by atoms with Crippen LogP contribution < -0.4 is 11.5 Å². The molecule has 8 heteroatoms. The van der Waals surface area contributed by atoms with Crippen LogP contribution in [0.5, 0.6) is 0 Å². The number of nitrogens with one attached hydrogen (secondary N) is 1. The topological polar surface area (TPSA) is 137 Å². The molecule has 106 valence electrons. The van der Waals surface area contributed by atoms with Crippen molar-refractivity contribution in [3.05, 3.63) is 35.2 Å². The van der Waals surface area contributed by atoms with Crippen molar-refractivity contribution >= 4 is 17.7 Å². The number of amides is 1. The number of carbonyl (C=O) groups excluding carboxylic acids is 2. The van der Waals surface area contributed by atoms with Crippen molar-refractivity contribution in [2.75, 3.05) is 12.3 Å². The second-order valence-electron chi connectivity index (χ2n) is 3.97. The number of anilines is 1. The maximum absolute atomic E-state index is 11.4. The Hall–Kier alpha value is -2.77. The standard InChI is InChI=1S/C12H14N4O4/c1-2-19-12(18)7-4-3-6(20-7)5-8-15-9(11(14)17)10(13)16-8/h3-4H,2,5,13H2,1H3,(H2,14,17)(H,15,16). The fourth-order valence-corrected chi connectivity index (χ4v) is 1.66. The Labute approximate surface area is 114 Å². The summed E-state index contributed by atoms with van der Waals surface area (Å²) in [6.45, 7) is 1.98. The van der Waals surface area contributed by atoms with Gasteiger partial charge in [-0.25, -0.2) is 9.78 Å². The first-order valence-electron chi connectivity index (χ1n) is 5.91. The van der Waals surface area contributed by atoms with Crippen LogP contribution in [-0.4, -0.2) is 28.5 Å². The van der Waals surface area contributed by atoms with E-state index in [1.54, 1.807) is 13.0 Å². The molecule has 2 heterocycles. The largest absolute Gasteiger partial charge is 0.460 e. The molecule has 0 aliphatic rings. The third-order valence-corrected chi connectivity index (χ3v) is 2.49. The Balaban J connectivity index is 2.12. The summed E-state index contributed by atoms with van der Waals surface area (Å²) in [5.74, 6) is -0.132. The number of aromatic amines is 1. The number of H-pyrrole nitrogens is 1. The van der Waals surface area contributed by atoms with Crippen molar-refractivity contribution < 1.29 is 18.7 Å². The molecule has 8 nitrogen and oxygen atoms in total. The van der Waals surface area contributed by atoms with Gasteiger partial charge in [-0.05, 0) is 19.1 Å². The van der Waals surface area contributed by atoms with Crippen LogP contribution in [-0.2, 0) is 11.2 Å². The number of nitrogens with zero attached hydrogens (tertiary/aromatic N) is 1. The molecule has 20 heavy (non-hydrogen) atoms. The van der Waals surface area contributed by atoms with Gasteiger partial charge >= 0.3 is 5.97 Å². The van der Waals surface area contributed by atoms with Crippen LogP contribution in [0.2, 0.25) is 0 Å². The molecule has 0 saturated heterocycles. The minimum absolute atomic E-state index is 0.0165. The van der Waals surface area contributed by atoms with Crippen LogP contribution in [0.4, 0.5) is 5.82 Å². The highest BCUT2D eigenvalue weighted by atomic mass is 16.5. The maximum Gasteiger partial charge on any atom is 0.374 e. The zero-order valence-corrected chi connectivity index (χ0v) is 10.8. The molecule has 0 bridgehead atoms. The van der Waals surface area contributed by atoms with Gasteiger partial charge in [-0.2, -0.15) is 0 Å². The van der Waals surface area contributed by atoms with Crippen LogP contribution >= 0.6 is 0 Å². The molecule has 5 N–H and O–H groups in total. The van der Waals surface area contributed by atoms with E-state index in [4.69, 9.17) is 20.6 Å². The lowest BCUT2D eigenvalue weighted by atomic mass is 10.3. The van der Waals surface area contributed by atoms with E-state index < -0.39 is 11.9 Å². The molecule has 2 aromatic rings. The van der Waals surface area contributed by atoms with E-state index in [0.29, 0.717) is 11.6 Å². The van der Waals surface area contributed by atoms with Crippen LogP contribution in [0.1, 0.15) is 39.6 Å². The summed E-state index contributed by atoms with van der Waals surface area (Å²) in [7, 11) is 0. The number of hydrogen-bond acceptors (Lipinski definition) is 6. The highest BCUT2D eigenvalue weighted by Gasteiger charge is 2.16. The lowest BCUT2D eigenvalue weighted by Crippen LogP contribution is -2.13. The molecule has 0 spiro atoms. The number of imidazole rings is 1. The lowest BCUT2D eigenvalue weighted by molar-refractivity contribution is 0.0488. The first-order valence-corrected chi connectivity index (χ1v) is 5.91. The molecule has 1 amide bonds. The van der Waals surface area contributed by atoms with Gasteiger partial charge in [-0.15, -0.1) is 0 Å². The second-order valence-corrected chi connectivity index (χ2v) is 3.97. The molecular formula is C12H14N4O4. The van der Waals surface area contributed by atoms with Crippen molar-refractivity contribution in [2.24, 2.45) is 5.73 Å². The van der Waals surface area contributed by atoms with Crippen molar-refractivity contribution in [2.45, 2.75) is 13.3 Å². The SMILES string of the molecule is CCOC(=O)c1ccc(Cc2nc(C(N)=O)c(N)[nH]2)o1. The van der Waals surface area contributed by atoms with E-state index in [-0.39, 0.29) is 30.3 Å². The smallest absolute Gasteiger partial charge is 0.374 e. The predicted octanol–water partition coefficient (Wildman–Crippen LogP) is 0.451. The van der Waals surface area contributed by atoms with Crippen molar-refractivity contribution in [1.29, 1.82) is 0 Å². The van der Waals surface area contributed by atoms with E-state index in [9.17, 15) is 9.59 Å². The van der Waals surface area contributed by atoms with Gasteiger partial charge in [0.1, 0.15) is 17.4 Å². The Bertz CT molecular complexity index is 644. The van der Waals surface area contributed by atoms with Crippen molar-refractivity contribution in [3.63, 3.8) is 0 Å². The van der Waals surface area contributed by atoms with E-state index in [1.165, 1.54) is 6.07 Å². The van der Waals surface area contributed by atoms with Gasteiger partial charge in [0.15, 0.2) is 5.69 Å². The molecule has 0 aliphatic heterocycles. The van der Waals surface area contributed by atoms with E-state index in [1.807, 2.05) is 0 Å². The van der Waals surface area contributed by atoms with Gasteiger partial charge in [0.2, 0.25) is 5.76 Å². The van der Waals surface area contributed by atoms with Crippen LogP contribution in [0.25, 0.3) is 0 Å². The molecule has 0 radical (unpaired) electrons. The zero-order chi connectivity index (χ0) is 14.7. The molecule has 0 unspecified atom stereocenters. The normalized spacial score (nSPS) is 10.4. The number of nitrogens with two attached hydrogens (primary N) is 2. The monoisotopic (exact) mass is 278 g/mol. The minimum atomic E-state index is -0.711. The second kappa shape index (κ2) is 5.47. The molecule has 0 saturated carbocycles. The van der Waals surface area contributed by atoms with E-state index in [0.717, 1.165) is 0 Å².